The standard InChI is InChI=1S/C14H18O3/c1-9-6-5-7-10-8-11(17-12(9)10)13(15)14(2,3)16-4/h5-8,13,15H,1-4H3. The highest BCUT2D eigenvalue weighted by atomic mass is 16.5. The average Bonchev–Trinajstić information content (AvgIpc) is 2.73. The number of aliphatic hydroxyl groups excluding tert-OH is 1. The highest BCUT2D eigenvalue weighted by Gasteiger charge is 2.31. The van der Waals surface area contributed by atoms with Gasteiger partial charge in [0.25, 0.3) is 0 Å². The third-order valence-electron chi connectivity index (χ3n) is 3.21. The topological polar surface area (TPSA) is 42.6 Å². The van der Waals surface area contributed by atoms with Gasteiger partial charge < -0.3 is 14.3 Å². The largest absolute Gasteiger partial charge is 0.458 e. The van der Waals surface area contributed by atoms with E-state index >= 15 is 0 Å². The van der Waals surface area contributed by atoms with Gasteiger partial charge in [0, 0.05) is 12.5 Å². The second-order valence-corrected chi connectivity index (χ2v) is 4.85. The Balaban J connectivity index is 2.47. The summed E-state index contributed by atoms with van der Waals surface area (Å²) < 4.78 is 11.0. The molecule has 0 amide bonds. The van der Waals surface area contributed by atoms with E-state index in [4.69, 9.17) is 9.15 Å². The van der Waals surface area contributed by atoms with Crippen molar-refractivity contribution in [1.82, 2.24) is 0 Å². The first-order valence-corrected chi connectivity index (χ1v) is 5.68. The van der Waals surface area contributed by atoms with Crippen LogP contribution in [0.15, 0.2) is 28.7 Å². The molecule has 0 radical (unpaired) electrons. The molecule has 0 saturated carbocycles. The van der Waals surface area contributed by atoms with Crippen LogP contribution in [0.1, 0.15) is 31.3 Å². The quantitative estimate of drug-likeness (QED) is 0.886. The lowest BCUT2D eigenvalue weighted by Gasteiger charge is -2.27. The van der Waals surface area contributed by atoms with Gasteiger partial charge in [-0.1, -0.05) is 18.2 Å². The summed E-state index contributed by atoms with van der Waals surface area (Å²) in [5, 5.41) is 11.2. The highest BCUT2D eigenvalue weighted by Crippen LogP contribution is 2.33. The molecule has 0 fully saturated rings. The molecule has 17 heavy (non-hydrogen) atoms. The summed E-state index contributed by atoms with van der Waals surface area (Å²) in [5.41, 5.74) is 1.23. The Labute approximate surface area is 101 Å². The van der Waals surface area contributed by atoms with Crippen LogP contribution >= 0.6 is 0 Å². The number of rotatable bonds is 3. The van der Waals surface area contributed by atoms with Crippen molar-refractivity contribution in [2.75, 3.05) is 7.11 Å². The smallest absolute Gasteiger partial charge is 0.140 e. The molecule has 92 valence electrons. The summed E-state index contributed by atoms with van der Waals surface area (Å²) in [6.45, 7) is 5.65. The molecular formula is C14H18O3. The SMILES string of the molecule is COC(C)(C)C(O)c1cc2cccc(C)c2o1. The molecule has 0 aliphatic heterocycles. The third-order valence-corrected chi connectivity index (χ3v) is 3.21. The maximum absolute atomic E-state index is 10.2. The van der Waals surface area contributed by atoms with Gasteiger partial charge in [0.05, 0.1) is 5.60 Å². The predicted octanol–water partition coefficient (Wildman–Crippen LogP) is 3.20. The fourth-order valence-electron chi connectivity index (χ4n) is 1.82. The second kappa shape index (κ2) is 4.17. The van der Waals surface area contributed by atoms with Crippen molar-refractivity contribution in [1.29, 1.82) is 0 Å². The van der Waals surface area contributed by atoms with Crippen LogP contribution in [0.4, 0.5) is 0 Å². The Morgan fingerprint density at radius 3 is 2.65 bits per heavy atom. The molecule has 1 atom stereocenters. The van der Waals surface area contributed by atoms with Gasteiger partial charge in [0.1, 0.15) is 17.4 Å². The molecule has 2 aromatic rings. The molecule has 2 rings (SSSR count). The van der Waals surface area contributed by atoms with Crippen molar-refractivity contribution < 1.29 is 14.3 Å². The van der Waals surface area contributed by atoms with Crippen LogP contribution in [0.25, 0.3) is 11.0 Å². The Morgan fingerprint density at radius 2 is 2.06 bits per heavy atom. The number of hydrogen-bond acceptors (Lipinski definition) is 3. The second-order valence-electron chi connectivity index (χ2n) is 4.85. The third kappa shape index (κ3) is 2.08. The maximum atomic E-state index is 10.2. The monoisotopic (exact) mass is 234 g/mol. The lowest BCUT2D eigenvalue weighted by molar-refractivity contribution is -0.0867. The summed E-state index contributed by atoms with van der Waals surface area (Å²) in [6.07, 6.45) is -0.778. The molecule has 1 N–H and O–H groups in total. The van der Waals surface area contributed by atoms with Crippen molar-refractivity contribution in [2.24, 2.45) is 0 Å². The minimum absolute atomic E-state index is 0.543. The van der Waals surface area contributed by atoms with Gasteiger partial charge in [0.15, 0.2) is 0 Å². The van der Waals surface area contributed by atoms with Gasteiger partial charge in [0.2, 0.25) is 0 Å². The van der Waals surface area contributed by atoms with Gasteiger partial charge in [-0.2, -0.15) is 0 Å². The molecule has 1 aromatic heterocycles. The fourth-order valence-corrected chi connectivity index (χ4v) is 1.82. The van der Waals surface area contributed by atoms with Gasteiger partial charge in [-0.3, -0.25) is 0 Å². The molecule has 0 aliphatic carbocycles. The van der Waals surface area contributed by atoms with Crippen LogP contribution in [0.5, 0.6) is 0 Å². The molecule has 0 bridgehead atoms. The van der Waals surface area contributed by atoms with E-state index in [9.17, 15) is 5.11 Å². The Morgan fingerprint density at radius 1 is 1.35 bits per heavy atom. The van der Waals surface area contributed by atoms with E-state index in [0.717, 1.165) is 16.5 Å². The van der Waals surface area contributed by atoms with Gasteiger partial charge in [-0.25, -0.2) is 0 Å². The van der Waals surface area contributed by atoms with Crippen LogP contribution in [-0.4, -0.2) is 17.8 Å². The van der Waals surface area contributed by atoms with E-state index in [-0.39, 0.29) is 0 Å². The van der Waals surface area contributed by atoms with Crippen LogP contribution in [0.3, 0.4) is 0 Å². The van der Waals surface area contributed by atoms with Crippen molar-refractivity contribution in [2.45, 2.75) is 32.5 Å². The van der Waals surface area contributed by atoms with Crippen LogP contribution in [-0.2, 0) is 4.74 Å². The zero-order chi connectivity index (χ0) is 12.6. The van der Waals surface area contributed by atoms with E-state index in [1.807, 2.05) is 45.0 Å². The van der Waals surface area contributed by atoms with E-state index < -0.39 is 11.7 Å². The minimum atomic E-state index is -0.778. The van der Waals surface area contributed by atoms with E-state index in [1.165, 1.54) is 0 Å². The zero-order valence-electron chi connectivity index (χ0n) is 10.7. The average molecular weight is 234 g/mol. The number of aliphatic hydroxyl groups is 1. The number of aryl methyl sites for hydroxylation is 1. The molecule has 1 heterocycles. The molecule has 0 saturated heterocycles. The maximum Gasteiger partial charge on any atom is 0.140 e. The number of methoxy groups -OCH3 is 1. The summed E-state index contributed by atoms with van der Waals surface area (Å²) >= 11 is 0. The first kappa shape index (κ1) is 12.1. The lowest BCUT2D eigenvalue weighted by atomic mass is 9.99. The van der Waals surface area contributed by atoms with Gasteiger partial charge in [-0.15, -0.1) is 0 Å². The molecule has 0 spiro atoms. The number of benzene rings is 1. The van der Waals surface area contributed by atoms with Crippen molar-refractivity contribution in [3.05, 3.63) is 35.6 Å². The van der Waals surface area contributed by atoms with Crippen LogP contribution in [0, 0.1) is 6.92 Å². The highest BCUT2D eigenvalue weighted by molar-refractivity contribution is 5.80. The summed E-state index contributed by atoms with van der Waals surface area (Å²) in [6, 6.07) is 7.81. The number of fused-ring (bicyclic) bond motifs is 1. The van der Waals surface area contributed by atoms with E-state index in [1.54, 1.807) is 7.11 Å². The number of hydrogen-bond donors (Lipinski definition) is 1. The molecular weight excluding hydrogens is 216 g/mol. The summed E-state index contributed by atoms with van der Waals surface area (Å²) in [7, 11) is 1.58. The molecule has 3 nitrogen and oxygen atoms in total. The number of ether oxygens (including phenoxy) is 1. The Hall–Kier alpha value is -1.32. The minimum Gasteiger partial charge on any atom is -0.458 e. The van der Waals surface area contributed by atoms with Gasteiger partial charge in [-0.05, 0) is 32.4 Å². The first-order chi connectivity index (χ1) is 7.95. The number of furan rings is 1. The molecule has 3 heteroatoms. The number of para-hydroxylation sites is 1. The lowest BCUT2D eigenvalue weighted by Crippen LogP contribution is -2.31. The van der Waals surface area contributed by atoms with E-state index in [0.29, 0.717) is 5.76 Å². The fraction of sp³-hybridized carbons (Fsp3) is 0.429. The Bertz CT molecular complexity index is 525. The van der Waals surface area contributed by atoms with E-state index in [2.05, 4.69) is 0 Å². The van der Waals surface area contributed by atoms with Crippen molar-refractivity contribution in [3.63, 3.8) is 0 Å². The normalized spacial score (nSPS) is 14.2. The Kier molecular flexibility index (Phi) is 2.98. The van der Waals surface area contributed by atoms with Crippen LogP contribution < -0.4 is 0 Å². The molecule has 0 aliphatic rings. The summed E-state index contributed by atoms with van der Waals surface area (Å²) in [4.78, 5) is 0. The van der Waals surface area contributed by atoms with Crippen molar-refractivity contribution >= 4 is 11.0 Å². The van der Waals surface area contributed by atoms with Gasteiger partial charge >= 0.3 is 0 Å². The zero-order valence-corrected chi connectivity index (χ0v) is 10.7. The first-order valence-electron chi connectivity index (χ1n) is 5.68. The summed E-state index contributed by atoms with van der Waals surface area (Å²) in [5.74, 6) is 0.543. The molecule has 1 unspecified atom stereocenters. The van der Waals surface area contributed by atoms with Crippen molar-refractivity contribution in [3.8, 4) is 0 Å². The predicted molar refractivity (Wildman–Crippen MR) is 67.0 cm³/mol. The molecule has 1 aromatic carbocycles. The van der Waals surface area contributed by atoms with Crippen LogP contribution in [0.2, 0.25) is 0 Å².